The summed E-state index contributed by atoms with van der Waals surface area (Å²) in [5.74, 6) is -0.125. The van der Waals surface area contributed by atoms with E-state index in [0.717, 1.165) is 31.6 Å². The lowest BCUT2D eigenvalue weighted by Crippen LogP contribution is -2.37. The summed E-state index contributed by atoms with van der Waals surface area (Å²) in [7, 11) is 0. The zero-order valence-corrected chi connectivity index (χ0v) is 16.9. The number of aryl methyl sites for hydroxylation is 1. The van der Waals surface area contributed by atoms with Crippen molar-refractivity contribution in [3.05, 3.63) is 65.2 Å². The van der Waals surface area contributed by atoms with Gasteiger partial charge in [0.1, 0.15) is 11.5 Å². The Bertz CT molecular complexity index is 837. The molecule has 0 atom stereocenters. The van der Waals surface area contributed by atoms with Crippen LogP contribution in [0.5, 0.6) is 0 Å². The monoisotopic (exact) mass is 395 g/mol. The highest BCUT2D eigenvalue weighted by atomic mass is 16.3. The average molecular weight is 396 g/mol. The standard InChI is InChI=1S/C23H29N3O3/c1-18-9-3-4-11-20(18)22(27)25-21(17-19-10-7-16-29-19)23(28)24-12-8-15-26-13-5-2-6-14-26/h3-4,7,9-11,16-17H,2,5-6,8,12-15H2,1H3,(H,24,28)(H,25,27)/b21-17-. The Morgan fingerprint density at radius 1 is 1.10 bits per heavy atom. The normalized spacial score (nSPS) is 15.1. The van der Waals surface area contributed by atoms with Crippen molar-refractivity contribution in [2.75, 3.05) is 26.2 Å². The predicted molar refractivity (Wildman–Crippen MR) is 113 cm³/mol. The number of hydrogen-bond acceptors (Lipinski definition) is 4. The Morgan fingerprint density at radius 3 is 2.62 bits per heavy atom. The number of nitrogens with zero attached hydrogens (tertiary/aromatic N) is 1. The molecule has 1 aromatic carbocycles. The van der Waals surface area contributed by atoms with Gasteiger partial charge in [0.05, 0.1) is 6.26 Å². The van der Waals surface area contributed by atoms with E-state index in [2.05, 4.69) is 15.5 Å². The molecule has 0 bridgehead atoms. The van der Waals surface area contributed by atoms with E-state index in [1.165, 1.54) is 25.5 Å². The van der Waals surface area contributed by atoms with E-state index in [4.69, 9.17) is 4.42 Å². The molecule has 1 aromatic heterocycles. The van der Waals surface area contributed by atoms with Gasteiger partial charge in [0.2, 0.25) is 0 Å². The van der Waals surface area contributed by atoms with Gasteiger partial charge in [-0.15, -0.1) is 0 Å². The predicted octanol–water partition coefficient (Wildman–Crippen LogP) is 3.35. The number of furan rings is 1. The van der Waals surface area contributed by atoms with Crippen molar-refractivity contribution in [3.8, 4) is 0 Å². The van der Waals surface area contributed by atoms with Crippen LogP contribution in [-0.2, 0) is 4.79 Å². The Hall–Kier alpha value is -2.86. The molecule has 1 aliphatic rings. The SMILES string of the molecule is Cc1ccccc1C(=O)N/C(=C\c1ccco1)C(=O)NCCCN1CCCCC1. The van der Waals surface area contributed by atoms with E-state index in [9.17, 15) is 9.59 Å². The second-order valence-electron chi connectivity index (χ2n) is 7.35. The number of nitrogens with one attached hydrogen (secondary N) is 2. The molecule has 0 spiro atoms. The first kappa shape index (κ1) is 20.9. The van der Waals surface area contributed by atoms with Gasteiger partial charge in [-0.25, -0.2) is 0 Å². The maximum absolute atomic E-state index is 12.7. The molecular formula is C23H29N3O3. The van der Waals surface area contributed by atoms with Crippen LogP contribution in [-0.4, -0.2) is 42.9 Å². The van der Waals surface area contributed by atoms with Crippen LogP contribution in [0.15, 0.2) is 52.8 Å². The van der Waals surface area contributed by atoms with E-state index >= 15 is 0 Å². The Morgan fingerprint density at radius 2 is 1.90 bits per heavy atom. The molecule has 154 valence electrons. The van der Waals surface area contributed by atoms with Gasteiger partial charge in [0, 0.05) is 18.2 Å². The van der Waals surface area contributed by atoms with Crippen LogP contribution in [0.25, 0.3) is 6.08 Å². The van der Waals surface area contributed by atoms with Crippen molar-refractivity contribution in [1.29, 1.82) is 0 Å². The smallest absolute Gasteiger partial charge is 0.267 e. The maximum atomic E-state index is 12.7. The fourth-order valence-corrected chi connectivity index (χ4v) is 3.47. The van der Waals surface area contributed by atoms with Crippen LogP contribution >= 0.6 is 0 Å². The average Bonchev–Trinajstić information content (AvgIpc) is 3.25. The molecule has 1 fully saturated rings. The summed E-state index contributed by atoms with van der Waals surface area (Å²) in [5.41, 5.74) is 1.56. The van der Waals surface area contributed by atoms with E-state index in [-0.39, 0.29) is 17.5 Å². The summed E-state index contributed by atoms with van der Waals surface area (Å²) in [6.07, 6.45) is 7.79. The number of hydrogen-bond donors (Lipinski definition) is 2. The highest BCUT2D eigenvalue weighted by Crippen LogP contribution is 2.11. The highest BCUT2D eigenvalue weighted by Gasteiger charge is 2.16. The molecule has 0 saturated carbocycles. The Labute approximate surface area is 172 Å². The van der Waals surface area contributed by atoms with Crippen LogP contribution in [0.2, 0.25) is 0 Å². The van der Waals surface area contributed by atoms with Crippen LogP contribution < -0.4 is 10.6 Å². The van der Waals surface area contributed by atoms with Crippen molar-refractivity contribution in [2.24, 2.45) is 0 Å². The fraction of sp³-hybridized carbons (Fsp3) is 0.391. The van der Waals surface area contributed by atoms with Gasteiger partial charge < -0.3 is 20.0 Å². The molecule has 0 unspecified atom stereocenters. The van der Waals surface area contributed by atoms with Crippen molar-refractivity contribution in [2.45, 2.75) is 32.6 Å². The van der Waals surface area contributed by atoms with Crippen molar-refractivity contribution in [3.63, 3.8) is 0 Å². The van der Waals surface area contributed by atoms with Gasteiger partial charge in [-0.3, -0.25) is 9.59 Å². The molecule has 2 heterocycles. The number of rotatable bonds is 8. The van der Waals surface area contributed by atoms with Crippen molar-refractivity contribution < 1.29 is 14.0 Å². The van der Waals surface area contributed by atoms with E-state index in [1.54, 1.807) is 30.3 Å². The lowest BCUT2D eigenvalue weighted by molar-refractivity contribution is -0.117. The highest BCUT2D eigenvalue weighted by molar-refractivity contribution is 6.05. The maximum Gasteiger partial charge on any atom is 0.267 e. The number of amides is 2. The molecule has 1 saturated heterocycles. The third-order valence-electron chi connectivity index (χ3n) is 5.10. The topological polar surface area (TPSA) is 74.6 Å². The molecule has 6 nitrogen and oxygen atoms in total. The summed E-state index contributed by atoms with van der Waals surface area (Å²) >= 11 is 0. The third-order valence-corrected chi connectivity index (χ3v) is 5.10. The zero-order valence-electron chi connectivity index (χ0n) is 16.9. The largest absolute Gasteiger partial charge is 0.465 e. The van der Waals surface area contributed by atoms with Gasteiger partial charge in [0.15, 0.2) is 0 Å². The number of piperidine rings is 1. The number of benzene rings is 1. The zero-order chi connectivity index (χ0) is 20.5. The summed E-state index contributed by atoms with van der Waals surface area (Å²) in [5, 5.41) is 5.66. The molecule has 3 rings (SSSR count). The Kier molecular flexibility index (Phi) is 7.64. The quantitative estimate of drug-likeness (QED) is 0.531. The summed E-state index contributed by atoms with van der Waals surface area (Å²) in [6, 6.07) is 10.8. The summed E-state index contributed by atoms with van der Waals surface area (Å²) in [4.78, 5) is 27.8. The lowest BCUT2D eigenvalue weighted by Gasteiger charge is -2.26. The van der Waals surface area contributed by atoms with Crippen LogP contribution in [0.1, 0.15) is 47.4 Å². The first-order chi connectivity index (χ1) is 14.1. The van der Waals surface area contributed by atoms with Gasteiger partial charge in [-0.1, -0.05) is 24.6 Å². The first-order valence-corrected chi connectivity index (χ1v) is 10.3. The van der Waals surface area contributed by atoms with Gasteiger partial charge in [-0.05, 0) is 69.6 Å². The molecule has 1 aliphatic heterocycles. The molecular weight excluding hydrogens is 366 g/mol. The summed E-state index contributed by atoms with van der Waals surface area (Å²) in [6.45, 7) is 5.69. The minimum absolute atomic E-state index is 0.172. The Balaban J connectivity index is 1.60. The van der Waals surface area contributed by atoms with Crippen molar-refractivity contribution >= 4 is 17.9 Å². The minimum atomic E-state index is -0.318. The molecule has 0 radical (unpaired) electrons. The van der Waals surface area contributed by atoms with E-state index in [1.807, 2.05) is 19.1 Å². The molecule has 29 heavy (non-hydrogen) atoms. The van der Waals surface area contributed by atoms with Gasteiger partial charge in [0.25, 0.3) is 11.8 Å². The van der Waals surface area contributed by atoms with Crippen molar-refractivity contribution in [1.82, 2.24) is 15.5 Å². The van der Waals surface area contributed by atoms with Crippen LogP contribution in [0.3, 0.4) is 0 Å². The number of carbonyl (C=O) groups is 2. The molecule has 6 heteroatoms. The van der Waals surface area contributed by atoms with Gasteiger partial charge >= 0.3 is 0 Å². The second kappa shape index (κ2) is 10.6. The van der Waals surface area contributed by atoms with E-state index < -0.39 is 0 Å². The number of carbonyl (C=O) groups excluding carboxylic acids is 2. The van der Waals surface area contributed by atoms with Gasteiger partial charge in [-0.2, -0.15) is 0 Å². The molecule has 2 amide bonds. The molecule has 0 aliphatic carbocycles. The molecule has 2 N–H and O–H groups in total. The molecule has 2 aromatic rings. The van der Waals surface area contributed by atoms with Crippen LogP contribution in [0.4, 0.5) is 0 Å². The summed E-state index contributed by atoms with van der Waals surface area (Å²) < 4.78 is 5.32. The lowest BCUT2D eigenvalue weighted by atomic mass is 10.1. The van der Waals surface area contributed by atoms with E-state index in [0.29, 0.717) is 17.9 Å². The third kappa shape index (κ3) is 6.32. The number of likely N-dealkylation sites (tertiary alicyclic amines) is 1. The fourth-order valence-electron chi connectivity index (χ4n) is 3.47. The first-order valence-electron chi connectivity index (χ1n) is 10.3. The second-order valence-corrected chi connectivity index (χ2v) is 7.35. The minimum Gasteiger partial charge on any atom is -0.465 e. The van der Waals surface area contributed by atoms with Crippen LogP contribution in [0, 0.1) is 6.92 Å².